The fourth-order valence-electron chi connectivity index (χ4n) is 2.22. The van der Waals surface area contributed by atoms with Crippen molar-refractivity contribution in [3.8, 4) is 12.8 Å². The Hall–Kier alpha value is -1.60. The van der Waals surface area contributed by atoms with E-state index in [1.807, 2.05) is 0 Å². The van der Waals surface area contributed by atoms with Gasteiger partial charge in [-0.25, -0.2) is 0 Å². The number of rotatable bonds is 1. The van der Waals surface area contributed by atoms with Crippen LogP contribution in [0.5, 0.6) is 0 Å². The third-order valence-corrected chi connectivity index (χ3v) is 8.61. The predicted octanol–water partition coefficient (Wildman–Crippen LogP) is 5.11. The van der Waals surface area contributed by atoms with Gasteiger partial charge in [0.25, 0.3) is 5.69 Å². The zero-order valence-corrected chi connectivity index (χ0v) is 13.7. The van der Waals surface area contributed by atoms with Crippen molar-refractivity contribution in [2.24, 2.45) is 0 Å². The third kappa shape index (κ3) is 6.53. The van der Waals surface area contributed by atoms with E-state index in [0.29, 0.717) is 0 Å². The van der Waals surface area contributed by atoms with Gasteiger partial charge in [0.2, 0.25) is 0 Å². The van der Waals surface area contributed by atoms with Crippen molar-refractivity contribution < 1.29 is 4.92 Å². The van der Waals surface area contributed by atoms with Gasteiger partial charge in [0.15, 0.2) is 0 Å². The minimum Gasteiger partial charge on any atom is -0.258 e. The van der Waals surface area contributed by atoms with Gasteiger partial charge < -0.3 is 0 Å². The maximum atomic E-state index is 10.0. The molecular weight excluding hydrogens is 266 g/mol. The lowest BCUT2D eigenvalue weighted by atomic mass is 10.2. The number of benzene rings is 1. The van der Waals surface area contributed by atoms with Gasteiger partial charge in [-0.2, -0.15) is 0 Å². The number of para-hydroxylation sites is 1. The molecule has 0 aliphatic carbocycles. The molecule has 1 aliphatic heterocycles. The first kappa shape index (κ1) is 18.4. The van der Waals surface area contributed by atoms with Crippen LogP contribution in [0.2, 0.25) is 24.7 Å². The molecule has 1 unspecified atom stereocenters. The molecule has 0 radical (unpaired) electrons. The van der Waals surface area contributed by atoms with Gasteiger partial charge >= 0.3 is 0 Å². The Morgan fingerprint density at radius 2 is 1.75 bits per heavy atom. The average Bonchev–Trinajstić information content (AvgIpc) is 2.46. The SMILES string of the molecule is C#C.CC1CCCC[Si]1(C)C.O=[N+]([O-])c1ccccc1. The Morgan fingerprint density at radius 3 is 2.05 bits per heavy atom. The van der Waals surface area contributed by atoms with E-state index in [4.69, 9.17) is 0 Å². The second-order valence-corrected chi connectivity index (χ2v) is 11.2. The molecule has 3 nitrogen and oxygen atoms in total. The molecule has 1 aliphatic rings. The topological polar surface area (TPSA) is 43.1 Å². The lowest BCUT2D eigenvalue weighted by Gasteiger charge is -2.34. The summed E-state index contributed by atoms with van der Waals surface area (Å²) in [5.74, 6) is 0. The van der Waals surface area contributed by atoms with Gasteiger partial charge in [-0.3, -0.25) is 10.1 Å². The van der Waals surface area contributed by atoms with Crippen molar-refractivity contribution in [3.05, 3.63) is 40.4 Å². The highest BCUT2D eigenvalue weighted by molar-refractivity contribution is 6.78. The van der Waals surface area contributed by atoms with Crippen molar-refractivity contribution in [3.63, 3.8) is 0 Å². The van der Waals surface area contributed by atoms with Gasteiger partial charge in [0.1, 0.15) is 0 Å². The molecule has 4 heteroatoms. The summed E-state index contributed by atoms with van der Waals surface area (Å²) in [4.78, 5) is 9.59. The molecule has 0 N–H and O–H groups in total. The monoisotopic (exact) mass is 291 g/mol. The van der Waals surface area contributed by atoms with Crippen molar-refractivity contribution in [1.29, 1.82) is 0 Å². The van der Waals surface area contributed by atoms with Crippen LogP contribution < -0.4 is 0 Å². The summed E-state index contributed by atoms with van der Waals surface area (Å²) in [6.07, 6.45) is 12.5. The van der Waals surface area contributed by atoms with Gasteiger partial charge in [0, 0.05) is 12.1 Å². The van der Waals surface area contributed by atoms with Crippen molar-refractivity contribution >= 4 is 13.8 Å². The first-order chi connectivity index (χ1) is 9.43. The Morgan fingerprint density at radius 1 is 1.20 bits per heavy atom. The Balaban J connectivity index is 0.000000321. The summed E-state index contributed by atoms with van der Waals surface area (Å²) in [5.41, 5.74) is 1.23. The molecule has 1 aromatic rings. The first-order valence-electron chi connectivity index (χ1n) is 6.96. The number of hydrogen-bond acceptors (Lipinski definition) is 2. The van der Waals surface area contributed by atoms with Crippen LogP contribution in [0.25, 0.3) is 0 Å². The lowest BCUT2D eigenvalue weighted by molar-refractivity contribution is -0.384. The van der Waals surface area contributed by atoms with E-state index in [9.17, 15) is 10.1 Å². The highest BCUT2D eigenvalue weighted by Gasteiger charge is 2.30. The smallest absolute Gasteiger partial charge is 0.258 e. The van der Waals surface area contributed by atoms with Gasteiger partial charge in [-0.15, -0.1) is 12.8 Å². The number of non-ortho nitro benzene ring substituents is 1. The van der Waals surface area contributed by atoms with Crippen LogP contribution in [-0.4, -0.2) is 13.0 Å². The molecule has 20 heavy (non-hydrogen) atoms. The van der Waals surface area contributed by atoms with E-state index in [-0.39, 0.29) is 5.69 Å². The van der Waals surface area contributed by atoms with Crippen LogP contribution in [0.15, 0.2) is 30.3 Å². The van der Waals surface area contributed by atoms with E-state index >= 15 is 0 Å². The normalized spacial score (nSPS) is 19.6. The van der Waals surface area contributed by atoms with E-state index in [1.54, 1.807) is 24.2 Å². The van der Waals surface area contributed by atoms with Crippen molar-refractivity contribution in [2.45, 2.75) is 50.9 Å². The molecule has 1 saturated heterocycles. The summed E-state index contributed by atoms with van der Waals surface area (Å²) >= 11 is 0. The number of nitrogens with zero attached hydrogens (tertiary/aromatic N) is 1. The fourth-order valence-corrected chi connectivity index (χ4v) is 4.86. The summed E-state index contributed by atoms with van der Waals surface area (Å²) in [5, 5.41) is 10.0. The minimum absolute atomic E-state index is 0.137. The summed E-state index contributed by atoms with van der Waals surface area (Å²) in [6, 6.07) is 9.51. The molecule has 0 aromatic heterocycles. The quantitative estimate of drug-likeness (QED) is 0.312. The second-order valence-electron chi connectivity index (χ2n) is 5.73. The predicted molar refractivity (Wildman–Crippen MR) is 88.6 cm³/mol. The van der Waals surface area contributed by atoms with Crippen LogP contribution in [0.1, 0.15) is 26.2 Å². The van der Waals surface area contributed by atoms with Gasteiger partial charge in [-0.1, -0.05) is 63.5 Å². The molecule has 0 amide bonds. The fraction of sp³-hybridized carbons (Fsp3) is 0.500. The van der Waals surface area contributed by atoms with E-state index in [1.165, 1.54) is 31.4 Å². The zero-order chi connectivity index (χ0) is 15.6. The van der Waals surface area contributed by atoms with E-state index in [2.05, 4.69) is 32.9 Å². The van der Waals surface area contributed by atoms with Crippen LogP contribution in [0.4, 0.5) is 5.69 Å². The lowest BCUT2D eigenvalue weighted by Crippen LogP contribution is -2.33. The van der Waals surface area contributed by atoms with E-state index < -0.39 is 13.0 Å². The molecule has 1 aromatic carbocycles. The van der Waals surface area contributed by atoms with Crippen molar-refractivity contribution in [1.82, 2.24) is 0 Å². The molecule has 0 bridgehead atoms. The summed E-state index contributed by atoms with van der Waals surface area (Å²) < 4.78 is 0. The molecule has 1 atom stereocenters. The second kappa shape index (κ2) is 9.32. The number of nitro benzene ring substituents is 1. The average molecular weight is 291 g/mol. The maximum Gasteiger partial charge on any atom is 0.269 e. The van der Waals surface area contributed by atoms with Crippen LogP contribution in [0, 0.1) is 23.0 Å². The summed E-state index contributed by atoms with van der Waals surface area (Å²) in [7, 11) is -0.694. The highest BCUT2D eigenvalue weighted by Crippen LogP contribution is 2.36. The van der Waals surface area contributed by atoms with Crippen molar-refractivity contribution in [2.75, 3.05) is 0 Å². The molecule has 110 valence electrons. The van der Waals surface area contributed by atoms with Crippen LogP contribution >= 0.6 is 0 Å². The summed E-state index contributed by atoms with van der Waals surface area (Å²) in [6.45, 7) is 7.53. The maximum absolute atomic E-state index is 10.0. The highest BCUT2D eigenvalue weighted by atomic mass is 28.3. The van der Waals surface area contributed by atoms with Gasteiger partial charge in [0.05, 0.1) is 13.0 Å². The molecular formula is C16H25NO2Si. The molecule has 2 rings (SSSR count). The number of hydrogen-bond donors (Lipinski definition) is 0. The largest absolute Gasteiger partial charge is 0.269 e. The van der Waals surface area contributed by atoms with E-state index in [0.717, 1.165) is 5.54 Å². The first-order valence-corrected chi connectivity index (χ1v) is 10.2. The van der Waals surface area contributed by atoms with Crippen LogP contribution in [-0.2, 0) is 0 Å². The van der Waals surface area contributed by atoms with Crippen LogP contribution in [0.3, 0.4) is 0 Å². The molecule has 1 heterocycles. The zero-order valence-electron chi connectivity index (χ0n) is 12.7. The molecule has 0 spiro atoms. The third-order valence-electron chi connectivity index (χ3n) is 4.01. The standard InChI is InChI=1S/C8H18Si.C6H5NO2.C2H2/c1-8-6-4-5-7-9(8,2)3;8-7(9)6-4-2-1-3-5-6;1-2/h8H,4-7H2,1-3H3;1-5H;1-2H. The minimum atomic E-state index is -0.694. The number of nitro groups is 1. The Bertz CT molecular complexity index is 415. The Labute approximate surface area is 123 Å². The molecule has 1 fully saturated rings. The van der Waals surface area contributed by atoms with Gasteiger partial charge in [-0.05, 0) is 5.54 Å². The Kier molecular flexibility index (Phi) is 8.58. The number of terminal acetylenes is 1. The molecule has 0 saturated carbocycles.